The summed E-state index contributed by atoms with van der Waals surface area (Å²) >= 11 is 0. The highest BCUT2D eigenvalue weighted by Crippen LogP contribution is 2.27. The van der Waals surface area contributed by atoms with E-state index in [2.05, 4.69) is 62.4 Å². The van der Waals surface area contributed by atoms with E-state index in [1.54, 1.807) is 0 Å². The predicted molar refractivity (Wildman–Crippen MR) is 113 cm³/mol. The van der Waals surface area contributed by atoms with Crippen molar-refractivity contribution in [1.29, 1.82) is 0 Å². The lowest BCUT2D eigenvalue weighted by molar-refractivity contribution is -0.137. The predicted octanol–water partition coefficient (Wildman–Crippen LogP) is 6.73. The van der Waals surface area contributed by atoms with Gasteiger partial charge in [-0.05, 0) is 41.5 Å². The highest BCUT2D eigenvalue weighted by molar-refractivity contribution is 5.64. The number of hydrogen-bond acceptors (Lipinski definition) is 2. The minimum atomic E-state index is 0.0675. The van der Waals surface area contributed by atoms with Crippen molar-refractivity contribution in [3.05, 3.63) is 59.7 Å². The first-order valence-corrected chi connectivity index (χ1v) is 10.7. The van der Waals surface area contributed by atoms with E-state index in [9.17, 15) is 0 Å². The Labute approximate surface area is 164 Å². The lowest BCUT2D eigenvalue weighted by Crippen LogP contribution is -2.31. The lowest BCUT2D eigenvalue weighted by Gasteiger charge is -2.30. The maximum Gasteiger partial charge on any atom is 0.106 e. The number of aryl methyl sites for hydroxylation is 1. The van der Waals surface area contributed by atoms with Crippen LogP contribution in [0.25, 0.3) is 11.1 Å². The van der Waals surface area contributed by atoms with E-state index in [1.807, 2.05) is 0 Å². The minimum Gasteiger partial charge on any atom is -0.373 e. The SMILES string of the molecule is CCCCCC1COC(c2ccc(-c3ccc(CCCC)cc3)cc2)CO1. The van der Waals surface area contributed by atoms with Crippen LogP contribution in [0.15, 0.2) is 48.5 Å². The van der Waals surface area contributed by atoms with Gasteiger partial charge in [-0.1, -0.05) is 88.1 Å². The van der Waals surface area contributed by atoms with Crippen molar-refractivity contribution in [2.24, 2.45) is 0 Å². The molecule has 0 spiro atoms. The van der Waals surface area contributed by atoms with Crippen molar-refractivity contribution >= 4 is 0 Å². The summed E-state index contributed by atoms with van der Waals surface area (Å²) in [4.78, 5) is 0. The molecule has 3 rings (SSSR count). The number of hydrogen-bond donors (Lipinski definition) is 0. The molecule has 1 heterocycles. The van der Waals surface area contributed by atoms with E-state index in [0.717, 1.165) is 13.0 Å². The Kier molecular flexibility index (Phi) is 7.92. The van der Waals surface area contributed by atoms with Crippen molar-refractivity contribution in [2.45, 2.75) is 71.0 Å². The fourth-order valence-corrected chi connectivity index (χ4v) is 3.66. The number of rotatable bonds is 9. The Hall–Kier alpha value is -1.64. The quantitative estimate of drug-likeness (QED) is 0.458. The smallest absolute Gasteiger partial charge is 0.106 e. The molecule has 0 radical (unpaired) electrons. The highest BCUT2D eigenvalue weighted by Gasteiger charge is 2.23. The number of benzene rings is 2. The van der Waals surface area contributed by atoms with Gasteiger partial charge < -0.3 is 9.47 Å². The van der Waals surface area contributed by atoms with Gasteiger partial charge in [-0.2, -0.15) is 0 Å². The van der Waals surface area contributed by atoms with Gasteiger partial charge in [0.1, 0.15) is 6.10 Å². The Balaban J connectivity index is 1.53. The van der Waals surface area contributed by atoms with Crippen molar-refractivity contribution in [3.8, 4) is 11.1 Å². The average molecular weight is 367 g/mol. The summed E-state index contributed by atoms with van der Waals surface area (Å²) in [7, 11) is 0. The molecule has 2 unspecified atom stereocenters. The largest absolute Gasteiger partial charge is 0.373 e. The molecule has 2 aromatic carbocycles. The maximum atomic E-state index is 6.08. The molecule has 1 aliphatic rings. The fraction of sp³-hybridized carbons (Fsp3) is 0.520. The van der Waals surface area contributed by atoms with Crippen LogP contribution in [0.4, 0.5) is 0 Å². The van der Waals surface area contributed by atoms with Gasteiger partial charge in [0.15, 0.2) is 0 Å². The van der Waals surface area contributed by atoms with E-state index in [0.29, 0.717) is 6.61 Å². The molecule has 0 aromatic heterocycles. The molecular weight excluding hydrogens is 332 g/mol. The van der Waals surface area contributed by atoms with Gasteiger partial charge in [0.25, 0.3) is 0 Å². The first kappa shape index (κ1) is 20.1. The molecule has 0 bridgehead atoms. The van der Waals surface area contributed by atoms with E-state index in [1.165, 1.54) is 60.8 Å². The third-order valence-electron chi connectivity index (χ3n) is 5.48. The summed E-state index contributed by atoms with van der Waals surface area (Å²) in [5, 5.41) is 0. The average Bonchev–Trinajstić information content (AvgIpc) is 2.73. The molecule has 27 heavy (non-hydrogen) atoms. The zero-order valence-electron chi connectivity index (χ0n) is 17.0. The van der Waals surface area contributed by atoms with Crippen molar-refractivity contribution in [1.82, 2.24) is 0 Å². The van der Waals surface area contributed by atoms with Crippen molar-refractivity contribution < 1.29 is 9.47 Å². The normalized spacial score (nSPS) is 19.9. The van der Waals surface area contributed by atoms with Crippen molar-refractivity contribution in [2.75, 3.05) is 13.2 Å². The molecular formula is C25H34O2. The molecule has 2 aromatic rings. The third-order valence-corrected chi connectivity index (χ3v) is 5.48. The number of unbranched alkanes of at least 4 members (excludes halogenated alkanes) is 3. The molecule has 2 nitrogen and oxygen atoms in total. The second-order valence-electron chi connectivity index (χ2n) is 7.70. The van der Waals surface area contributed by atoms with E-state index >= 15 is 0 Å². The summed E-state index contributed by atoms with van der Waals surface area (Å²) in [5.74, 6) is 0. The monoisotopic (exact) mass is 366 g/mol. The highest BCUT2D eigenvalue weighted by atomic mass is 16.6. The zero-order chi connectivity index (χ0) is 18.9. The molecule has 1 aliphatic heterocycles. The van der Waals surface area contributed by atoms with Crippen LogP contribution in [0.3, 0.4) is 0 Å². The second-order valence-corrected chi connectivity index (χ2v) is 7.70. The molecule has 0 saturated carbocycles. The lowest BCUT2D eigenvalue weighted by atomic mass is 9.99. The minimum absolute atomic E-state index is 0.0675. The summed E-state index contributed by atoms with van der Waals surface area (Å²) in [6.07, 6.45) is 8.92. The summed E-state index contributed by atoms with van der Waals surface area (Å²) < 4.78 is 12.1. The molecule has 0 amide bonds. The maximum absolute atomic E-state index is 6.08. The molecule has 2 heteroatoms. The van der Waals surface area contributed by atoms with Gasteiger partial charge in [-0.25, -0.2) is 0 Å². The van der Waals surface area contributed by atoms with Crippen LogP contribution >= 0.6 is 0 Å². The summed E-state index contributed by atoms with van der Waals surface area (Å²) in [6, 6.07) is 17.8. The van der Waals surface area contributed by atoms with Crippen LogP contribution < -0.4 is 0 Å². The van der Waals surface area contributed by atoms with Crippen LogP contribution in [0, 0.1) is 0 Å². The van der Waals surface area contributed by atoms with Crippen LogP contribution in [0.5, 0.6) is 0 Å². The molecule has 1 saturated heterocycles. The molecule has 0 N–H and O–H groups in total. The van der Waals surface area contributed by atoms with Crippen LogP contribution in [-0.4, -0.2) is 19.3 Å². The Morgan fingerprint density at radius 3 is 2.00 bits per heavy atom. The zero-order valence-corrected chi connectivity index (χ0v) is 17.0. The van der Waals surface area contributed by atoms with Crippen LogP contribution in [0.1, 0.15) is 69.6 Å². The van der Waals surface area contributed by atoms with E-state index < -0.39 is 0 Å². The second kappa shape index (κ2) is 10.6. The molecule has 0 aliphatic carbocycles. The van der Waals surface area contributed by atoms with Gasteiger partial charge in [0, 0.05) is 0 Å². The summed E-state index contributed by atoms with van der Waals surface area (Å²) in [5.41, 5.74) is 5.18. The Morgan fingerprint density at radius 1 is 0.741 bits per heavy atom. The van der Waals surface area contributed by atoms with Gasteiger partial charge in [-0.3, -0.25) is 0 Å². The van der Waals surface area contributed by atoms with Gasteiger partial charge in [0.2, 0.25) is 0 Å². The van der Waals surface area contributed by atoms with Crippen LogP contribution in [-0.2, 0) is 15.9 Å². The fourth-order valence-electron chi connectivity index (χ4n) is 3.66. The molecule has 1 fully saturated rings. The molecule has 2 atom stereocenters. The summed E-state index contributed by atoms with van der Waals surface area (Å²) in [6.45, 7) is 5.86. The van der Waals surface area contributed by atoms with Gasteiger partial charge in [0.05, 0.1) is 19.3 Å². The van der Waals surface area contributed by atoms with Crippen LogP contribution in [0.2, 0.25) is 0 Å². The Bertz CT molecular complexity index is 652. The first-order valence-electron chi connectivity index (χ1n) is 10.7. The van der Waals surface area contributed by atoms with E-state index in [4.69, 9.17) is 9.47 Å². The van der Waals surface area contributed by atoms with E-state index in [-0.39, 0.29) is 12.2 Å². The Morgan fingerprint density at radius 2 is 1.41 bits per heavy atom. The van der Waals surface area contributed by atoms with Crippen molar-refractivity contribution in [3.63, 3.8) is 0 Å². The van der Waals surface area contributed by atoms with Gasteiger partial charge >= 0.3 is 0 Å². The first-order chi connectivity index (χ1) is 13.3. The third kappa shape index (κ3) is 5.92. The topological polar surface area (TPSA) is 18.5 Å². The standard InChI is InChI=1S/C25H34O2/c1-3-5-7-9-24-18-27-25(19-26-24)23-16-14-22(15-17-23)21-12-10-20(11-13-21)8-6-4-2/h10-17,24-25H,3-9,18-19H2,1-2H3. The van der Waals surface area contributed by atoms with Gasteiger partial charge in [-0.15, -0.1) is 0 Å². The number of ether oxygens (including phenoxy) is 2. The molecule has 146 valence electrons.